The maximum absolute atomic E-state index is 4.31. The third-order valence-electron chi connectivity index (χ3n) is 3.95. The van der Waals surface area contributed by atoms with Gasteiger partial charge in [-0.15, -0.1) is 0 Å². The Morgan fingerprint density at radius 1 is 1.05 bits per heavy atom. The number of benzene rings is 1. The van der Waals surface area contributed by atoms with Crippen molar-refractivity contribution in [3.8, 4) is 16.9 Å². The molecule has 3 heterocycles. The number of fused-ring (bicyclic) bond motifs is 1. The van der Waals surface area contributed by atoms with Crippen molar-refractivity contribution in [1.82, 2.24) is 19.9 Å². The maximum atomic E-state index is 4.31. The quantitative estimate of drug-likeness (QED) is 0.782. The molecule has 4 rings (SSSR count). The van der Waals surface area contributed by atoms with Crippen molar-refractivity contribution >= 4 is 0 Å². The second kappa shape index (κ2) is 5.14. The van der Waals surface area contributed by atoms with Gasteiger partial charge in [-0.05, 0) is 48.4 Å². The summed E-state index contributed by atoms with van der Waals surface area (Å²) in [5.41, 5.74) is 6.11. The van der Waals surface area contributed by atoms with Crippen molar-refractivity contribution < 1.29 is 0 Å². The van der Waals surface area contributed by atoms with E-state index in [1.807, 2.05) is 24.8 Å². The van der Waals surface area contributed by atoms with Crippen LogP contribution in [0, 0.1) is 0 Å². The highest BCUT2D eigenvalue weighted by atomic mass is 15.1. The molecule has 2 aromatic heterocycles. The Morgan fingerprint density at radius 2 is 2.05 bits per heavy atom. The molecule has 0 saturated heterocycles. The van der Waals surface area contributed by atoms with Gasteiger partial charge >= 0.3 is 0 Å². The van der Waals surface area contributed by atoms with Crippen molar-refractivity contribution in [1.29, 1.82) is 0 Å². The van der Waals surface area contributed by atoms with Crippen LogP contribution in [0.5, 0.6) is 0 Å². The highest BCUT2D eigenvalue weighted by molar-refractivity contribution is 5.61. The van der Waals surface area contributed by atoms with Gasteiger partial charge in [0.2, 0.25) is 0 Å². The van der Waals surface area contributed by atoms with E-state index in [1.54, 1.807) is 6.20 Å². The molecule has 104 valence electrons. The first-order valence-electron chi connectivity index (χ1n) is 7.17. The number of nitrogens with one attached hydrogen (secondary N) is 1. The molecule has 1 aliphatic heterocycles. The van der Waals surface area contributed by atoms with Gasteiger partial charge in [-0.2, -0.15) is 0 Å². The Labute approximate surface area is 123 Å². The summed E-state index contributed by atoms with van der Waals surface area (Å²) in [6.45, 7) is 2.01. The van der Waals surface area contributed by atoms with Crippen molar-refractivity contribution in [3.05, 3.63) is 66.4 Å². The predicted molar refractivity (Wildman–Crippen MR) is 82.2 cm³/mol. The van der Waals surface area contributed by atoms with Gasteiger partial charge in [-0.3, -0.25) is 9.55 Å². The lowest BCUT2D eigenvalue weighted by atomic mass is 10.0. The molecule has 0 atom stereocenters. The van der Waals surface area contributed by atoms with Crippen molar-refractivity contribution in [2.45, 2.75) is 13.0 Å². The third kappa shape index (κ3) is 2.23. The van der Waals surface area contributed by atoms with Crippen LogP contribution in [0.1, 0.15) is 11.1 Å². The van der Waals surface area contributed by atoms with E-state index in [-0.39, 0.29) is 0 Å². The topological polar surface area (TPSA) is 42.7 Å². The van der Waals surface area contributed by atoms with Gasteiger partial charge < -0.3 is 5.32 Å². The molecule has 4 heteroatoms. The second-order valence-electron chi connectivity index (χ2n) is 5.27. The van der Waals surface area contributed by atoms with Gasteiger partial charge in [0.1, 0.15) is 0 Å². The lowest BCUT2D eigenvalue weighted by molar-refractivity contribution is 0.643. The number of hydrogen-bond donors (Lipinski definition) is 1. The molecule has 4 nitrogen and oxygen atoms in total. The van der Waals surface area contributed by atoms with Gasteiger partial charge in [-0.25, -0.2) is 4.98 Å². The highest BCUT2D eigenvalue weighted by Gasteiger charge is 2.12. The summed E-state index contributed by atoms with van der Waals surface area (Å²) in [6.07, 6.45) is 8.51. The predicted octanol–water partition coefficient (Wildman–Crippen LogP) is 2.58. The molecule has 0 aliphatic carbocycles. The van der Waals surface area contributed by atoms with Gasteiger partial charge in [0.15, 0.2) is 0 Å². The number of hydrogen-bond acceptors (Lipinski definition) is 3. The lowest BCUT2D eigenvalue weighted by Crippen LogP contribution is -2.23. The first-order chi connectivity index (χ1) is 10.4. The van der Waals surface area contributed by atoms with Gasteiger partial charge in [-0.1, -0.05) is 6.07 Å². The molecule has 1 aromatic carbocycles. The summed E-state index contributed by atoms with van der Waals surface area (Å²) in [6, 6.07) is 10.7. The summed E-state index contributed by atoms with van der Waals surface area (Å²) >= 11 is 0. The number of pyridine rings is 1. The summed E-state index contributed by atoms with van der Waals surface area (Å²) in [7, 11) is 0. The zero-order valence-electron chi connectivity index (χ0n) is 11.7. The SMILES string of the molecule is c1cncc(-c2cncn2-c2ccc3c(c2)CNCC3)c1. The summed E-state index contributed by atoms with van der Waals surface area (Å²) in [4.78, 5) is 8.50. The summed E-state index contributed by atoms with van der Waals surface area (Å²) in [5.74, 6) is 0. The normalized spacial score (nSPS) is 13.9. The first-order valence-corrected chi connectivity index (χ1v) is 7.17. The molecule has 0 unspecified atom stereocenters. The van der Waals surface area contributed by atoms with E-state index in [4.69, 9.17) is 0 Å². The number of nitrogens with zero attached hydrogens (tertiary/aromatic N) is 3. The average Bonchev–Trinajstić information content (AvgIpc) is 3.05. The Hall–Kier alpha value is -2.46. The van der Waals surface area contributed by atoms with Crippen molar-refractivity contribution in [2.24, 2.45) is 0 Å². The Morgan fingerprint density at radius 3 is 2.95 bits per heavy atom. The summed E-state index contributed by atoms with van der Waals surface area (Å²) in [5, 5.41) is 3.42. The zero-order chi connectivity index (χ0) is 14.1. The molecule has 1 N–H and O–H groups in total. The van der Waals surface area contributed by atoms with Crippen LogP contribution in [0.2, 0.25) is 0 Å². The van der Waals surface area contributed by atoms with Crippen LogP contribution in [-0.2, 0) is 13.0 Å². The molecule has 0 saturated carbocycles. The van der Waals surface area contributed by atoms with Crippen LogP contribution in [-0.4, -0.2) is 21.1 Å². The average molecular weight is 276 g/mol. The number of imidazole rings is 1. The molecule has 0 spiro atoms. The summed E-state index contributed by atoms with van der Waals surface area (Å²) < 4.78 is 2.12. The van der Waals surface area contributed by atoms with Crippen LogP contribution in [0.3, 0.4) is 0 Å². The number of aromatic nitrogens is 3. The van der Waals surface area contributed by atoms with Gasteiger partial charge in [0.05, 0.1) is 18.2 Å². The molecule has 21 heavy (non-hydrogen) atoms. The van der Waals surface area contributed by atoms with E-state index in [1.165, 1.54) is 11.1 Å². The minimum absolute atomic E-state index is 0.945. The van der Waals surface area contributed by atoms with Crippen LogP contribution in [0.4, 0.5) is 0 Å². The molecule has 0 radical (unpaired) electrons. The molecular formula is C17H16N4. The fourth-order valence-electron chi connectivity index (χ4n) is 2.85. The first kappa shape index (κ1) is 12.3. The van der Waals surface area contributed by atoms with Crippen LogP contribution < -0.4 is 5.32 Å². The minimum Gasteiger partial charge on any atom is -0.312 e. The molecule has 0 bridgehead atoms. The Balaban J connectivity index is 1.80. The highest BCUT2D eigenvalue weighted by Crippen LogP contribution is 2.24. The van der Waals surface area contributed by atoms with Gasteiger partial charge in [0, 0.05) is 30.2 Å². The smallest absolute Gasteiger partial charge is 0.0997 e. The lowest BCUT2D eigenvalue weighted by Gasteiger charge is -2.18. The fraction of sp³-hybridized carbons (Fsp3) is 0.176. The molecule has 0 fully saturated rings. The van der Waals surface area contributed by atoms with E-state index >= 15 is 0 Å². The van der Waals surface area contributed by atoms with Crippen LogP contribution >= 0.6 is 0 Å². The minimum atomic E-state index is 0.945. The van der Waals surface area contributed by atoms with E-state index in [2.05, 4.69) is 44.1 Å². The maximum Gasteiger partial charge on any atom is 0.0997 e. The van der Waals surface area contributed by atoms with Crippen LogP contribution in [0.25, 0.3) is 16.9 Å². The Bertz CT molecular complexity index is 761. The second-order valence-corrected chi connectivity index (χ2v) is 5.27. The molecule has 1 aliphatic rings. The molecular weight excluding hydrogens is 260 g/mol. The third-order valence-corrected chi connectivity index (χ3v) is 3.95. The fourth-order valence-corrected chi connectivity index (χ4v) is 2.85. The molecule has 3 aromatic rings. The molecule has 0 amide bonds. The van der Waals surface area contributed by atoms with Crippen LogP contribution in [0.15, 0.2) is 55.2 Å². The zero-order valence-corrected chi connectivity index (χ0v) is 11.7. The Kier molecular flexibility index (Phi) is 3.01. The standard InChI is InChI=1S/C17H16N4/c1-2-14(9-18-6-1)17-11-20-12-21(17)16-4-3-13-5-7-19-10-15(13)8-16/h1-4,6,8-9,11-12,19H,5,7,10H2. The number of rotatable bonds is 2. The van der Waals surface area contributed by atoms with E-state index in [0.717, 1.165) is 36.5 Å². The van der Waals surface area contributed by atoms with Crippen molar-refractivity contribution in [2.75, 3.05) is 6.54 Å². The largest absolute Gasteiger partial charge is 0.312 e. The monoisotopic (exact) mass is 276 g/mol. The van der Waals surface area contributed by atoms with E-state index in [9.17, 15) is 0 Å². The van der Waals surface area contributed by atoms with E-state index < -0.39 is 0 Å². The van der Waals surface area contributed by atoms with E-state index in [0.29, 0.717) is 0 Å². The van der Waals surface area contributed by atoms with Gasteiger partial charge in [0.25, 0.3) is 0 Å². The van der Waals surface area contributed by atoms with Crippen molar-refractivity contribution in [3.63, 3.8) is 0 Å².